The summed E-state index contributed by atoms with van der Waals surface area (Å²) < 4.78 is 37.7. The average Bonchev–Trinajstić information content (AvgIpc) is 3.21. The standard InChI is InChI=1S/C23H28ClNO7S/c1-4-31-20(27)23(21(28)32-5-2)11-6-12-25(23)33(29,30)22(3)14-17(13-19(26)15-22)16-7-9-18(24)10-8-16/h7-10,13H,4-6,11-12,14-15H2,1-3H3. The number of benzene rings is 1. The summed E-state index contributed by atoms with van der Waals surface area (Å²) in [6.45, 7) is 4.54. The first-order valence-electron chi connectivity index (χ1n) is 10.9. The second kappa shape index (κ2) is 9.56. The number of hydrogen-bond donors (Lipinski definition) is 0. The fourth-order valence-corrected chi connectivity index (χ4v) is 6.88. The molecule has 0 bridgehead atoms. The van der Waals surface area contributed by atoms with Crippen molar-refractivity contribution in [3.63, 3.8) is 0 Å². The summed E-state index contributed by atoms with van der Waals surface area (Å²) in [7, 11) is -4.33. The molecule has 1 aromatic carbocycles. The van der Waals surface area contributed by atoms with Crippen molar-refractivity contribution in [2.24, 2.45) is 0 Å². The molecule has 1 fully saturated rings. The van der Waals surface area contributed by atoms with Crippen LogP contribution in [0.3, 0.4) is 0 Å². The van der Waals surface area contributed by atoms with Crippen LogP contribution in [-0.4, -0.2) is 60.5 Å². The van der Waals surface area contributed by atoms with Gasteiger partial charge in [0.1, 0.15) is 0 Å². The van der Waals surface area contributed by atoms with Crippen LogP contribution < -0.4 is 0 Å². The topological polar surface area (TPSA) is 107 Å². The molecule has 0 amide bonds. The van der Waals surface area contributed by atoms with E-state index in [2.05, 4.69) is 0 Å². The predicted molar refractivity (Wildman–Crippen MR) is 123 cm³/mol. The first-order chi connectivity index (χ1) is 15.5. The number of nitrogens with zero attached hydrogens (tertiary/aromatic N) is 1. The summed E-state index contributed by atoms with van der Waals surface area (Å²) in [5.74, 6) is -2.26. The average molecular weight is 498 g/mol. The van der Waals surface area contributed by atoms with Gasteiger partial charge in [-0.3, -0.25) is 4.79 Å². The summed E-state index contributed by atoms with van der Waals surface area (Å²) in [4.78, 5) is 38.6. The second-order valence-corrected chi connectivity index (χ2v) is 11.2. The molecule has 33 heavy (non-hydrogen) atoms. The number of sulfonamides is 1. The molecule has 1 aliphatic carbocycles. The van der Waals surface area contributed by atoms with Crippen LogP contribution in [0.15, 0.2) is 30.3 Å². The third kappa shape index (κ3) is 4.46. The Morgan fingerprint density at radius 1 is 1.06 bits per heavy atom. The fourth-order valence-electron chi connectivity index (χ4n) is 4.54. The smallest absolute Gasteiger partial charge is 0.339 e. The summed E-state index contributed by atoms with van der Waals surface area (Å²) >= 11 is 5.96. The minimum atomic E-state index is -4.33. The first-order valence-corrected chi connectivity index (χ1v) is 12.7. The Hall–Kier alpha value is -2.23. The first kappa shape index (κ1) is 25.4. The quantitative estimate of drug-likeness (QED) is 0.420. The van der Waals surface area contributed by atoms with Crippen molar-refractivity contribution in [1.82, 2.24) is 4.31 Å². The van der Waals surface area contributed by atoms with Gasteiger partial charge in [0.2, 0.25) is 15.6 Å². The van der Waals surface area contributed by atoms with Gasteiger partial charge in [-0.2, -0.15) is 4.31 Å². The lowest BCUT2D eigenvalue weighted by molar-refractivity contribution is -0.169. The molecule has 1 unspecified atom stereocenters. The highest BCUT2D eigenvalue weighted by Gasteiger charge is 2.64. The molecule has 0 aromatic heterocycles. The summed E-state index contributed by atoms with van der Waals surface area (Å²) in [5, 5.41) is 0.516. The van der Waals surface area contributed by atoms with Crippen molar-refractivity contribution in [2.75, 3.05) is 19.8 Å². The third-order valence-corrected chi connectivity index (χ3v) is 8.99. The van der Waals surface area contributed by atoms with Gasteiger partial charge in [-0.15, -0.1) is 0 Å². The van der Waals surface area contributed by atoms with Crippen LogP contribution in [0.4, 0.5) is 0 Å². The molecule has 1 atom stereocenters. The zero-order valence-electron chi connectivity index (χ0n) is 18.9. The highest BCUT2D eigenvalue weighted by atomic mass is 35.5. The Kier molecular flexibility index (Phi) is 7.36. The van der Waals surface area contributed by atoms with Gasteiger partial charge in [-0.1, -0.05) is 23.7 Å². The van der Waals surface area contributed by atoms with Gasteiger partial charge in [-0.05, 0) is 69.4 Å². The molecule has 1 heterocycles. The molecule has 0 spiro atoms. The van der Waals surface area contributed by atoms with E-state index in [-0.39, 0.29) is 51.2 Å². The Balaban J connectivity index is 2.05. The minimum Gasteiger partial charge on any atom is -0.464 e. The van der Waals surface area contributed by atoms with E-state index < -0.39 is 32.2 Å². The molecule has 8 nitrogen and oxygen atoms in total. The number of rotatable bonds is 7. The zero-order chi connectivity index (χ0) is 24.4. The van der Waals surface area contributed by atoms with Crippen molar-refractivity contribution in [3.05, 3.63) is 40.9 Å². The third-order valence-electron chi connectivity index (χ3n) is 6.13. The predicted octanol–water partition coefficient (Wildman–Crippen LogP) is 3.14. The SMILES string of the molecule is CCOC(=O)C1(C(=O)OCC)CCCN1S(=O)(=O)C1(C)CC(=O)C=C(c2ccc(Cl)cc2)C1. The Labute approximate surface area is 198 Å². The number of hydrogen-bond acceptors (Lipinski definition) is 7. The van der Waals surface area contributed by atoms with Crippen LogP contribution in [0.25, 0.3) is 5.57 Å². The van der Waals surface area contributed by atoms with Gasteiger partial charge in [0.05, 0.1) is 18.0 Å². The number of ketones is 1. The highest BCUT2D eigenvalue weighted by Crippen LogP contribution is 2.44. The maximum atomic E-state index is 14.0. The number of esters is 2. The number of carbonyl (C=O) groups excluding carboxylic acids is 3. The molecule has 0 saturated carbocycles. The molecule has 1 saturated heterocycles. The van der Waals surface area contributed by atoms with Crippen molar-refractivity contribution in [1.29, 1.82) is 0 Å². The van der Waals surface area contributed by atoms with Crippen LogP contribution in [-0.2, 0) is 33.9 Å². The van der Waals surface area contributed by atoms with Crippen molar-refractivity contribution in [2.45, 2.75) is 56.7 Å². The molecular weight excluding hydrogens is 470 g/mol. The lowest BCUT2D eigenvalue weighted by Gasteiger charge is -2.40. The molecule has 0 radical (unpaired) electrons. The van der Waals surface area contributed by atoms with E-state index in [0.717, 1.165) is 4.31 Å². The number of allylic oxidation sites excluding steroid dienone is 2. The van der Waals surface area contributed by atoms with Crippen LogP contribution in [0.1, 0.15) is 52.0 Å². The number of carbonyl (C=O) groups is 3. The Bertz CT molecular complexity index is 1060. The van der Waals surface area contributed by atoms with E-state index in [9.17, 15) is 22.8 Å². The van der Waals surface area contributed by atoms with Gasteiger partial charge in [-0.25, -0.2) is 18.0 Å². The van der Waals surface area contributed by atoms with Crippen molar-refractivity contribution in [3.8, 4) is 0 Å². The summed E-state index contributed by atoms with van der Waals surface area (Å²) in [6, 6.07) is 6.76. The van der Waals surface area contributed by atoms with Gasteiger partial charge in [0.15, 0.2) is 5.78 Å². The molecule has 0 N–H and O–H groups in total. The van der Waals surface area contributed by atoms with Crippen molar-refractivity contribution < 1.29 is 32.3 Å². The van der Waals surface area contributed by atoms with Gasteiger partial charge in [0, 0.05) is 18.0 Å². The maximum Gasteiger partial charge on any atom is 0.339 e. The van der Waals surface area contributed by atoms with Crippen molar-refractivity contribution >= 4 is 44.9 Å². The van der Waals surface area contributed by atoms with Gasteiger partial charge < -0.3 is 9.47 Å². The van der Waals surface area contributed by atoms with E-state index in [4.69, 9.17) is 21.1 Å². The zero-order valence-corrected chi connectivity index (χ0v) is 20.5. The molecule has 1 aliphatic heterocycles. The normalized spacial score (nSPS) is 23.2. The van der Waals surface area contributed by atoms with E-state index in [1.165, 1.54) is 13.0 Å². The van der Waals surface area contributed by atoms with E-state index in [1.807, 2.05) is 0 Å². The minimum absolute atomic E-state index is 0.0208. The van der Waals surface area contributed by atoms with Gasteiger partial charge in [0.25, 0.3) is 0 Å². The molecule has 1 aromatic rings. The number of ether oxygens (including phenoxy) is 2. The largest absolute Gasteiger partial charge is 0.464 e. The maximum absolute atomic E-state index is 14.0. The molecule has 180 valence electrons. The lowest BCUT2D eigenvalue weighted by Crippen LogP contribution is -2.63. The lowest BCUT2D eigenvalue weighted by atomic mass is 9.85. The summed E-state index contributed by atoms with van der Waals surface area (Å²) in [6.07, 6.45) is 1.43. The van der Waals surface area contributed by atoms with Crippen LogP contribution >= 0.6 is 11.6 Å². The Morgan fingerprint density at radius 3 is 2.18 bits per heavy atom. The van der Waals surface area contributed by atoms with E-state index in [0.29, 0.717) is 16.2 Å². The molecular formula is C23H28ClNO7S. The monoisotopic (exact) mass is 497 g/mol. The molecule has 2 aliphatic rings. The van der Waals surface area contributed by atoms with Gasteiger partial charge >= 0.3 is 11.9 Å². The highest BCUT2D eigenvalue weighted by molar-refractivity contribution is 7.90. The summed E-state index contributed by atoms with van der Waals surface area (Å²) in [5.41, 5.74) is -0.873. The van der Waals surface area contributed by atoms with Crippen LogP contribution in [0, 0.1) is 0 Å². The fraction of sp³-hybridized carbons (Fsp3) is 0.522. The van der Waals surface area contributed by atoms with Crippen LogP contribution in [0.5, 0.6) is 0 Å². The van der Waals surface area contributed by atoms with E-state index in [1.54, 1.807) is 38.1 Å². The van der Waals surface area contributed by atoms with Crippen LogP contribution in [0.2, 0.25) is 5.02 Å². The molecule has 10 heteroatoms. The van der Waals surface area contributed by atoms with E-state index >= 15 is 0 Å². The number of halogens is 1. The second-order valence-electron chi connectivity index (χ2n) is 8.43. The Morgan fingerprint density at radius 2 is 1.64 bits per heavy atom. The molecule has 3 rings (SSSR count).